The van der Waals surface area contributed by atoms with Gasteiger partial charge in [-0.3, -0.25) is 20.2 Å². The van der Waals surface area contributed by atoms with E-state index in [9.17, 15) is 24.6 Å². The first kappa shape index (κ1) is 17.6. The molecule has 1 fully saturated rings. The number of rotatable bonds is 5. The lowest BCUT2D eigenvalue weighted by Gasteiger charge is -2.33. The summed E-state index contributed by atoms with van der Waals surface area (Å²) in [6.07, 6.45) is 1.19. The summed E-state index contributed by atoms with van der Waals surface area (Å²) in [5.74, 6) is 0.240. The number of hydrogen-bond donors (Lipinski definition) is 0. The smallest absolute Gasteiger partial charge is 0.299 e. The molecule has 8 nitrogen and oxygen atoms in total. The Labute approximate surface area is 148 Å². The van der Waals surface area contributed by atoms with Crippen molar-refractivity contribution in [1.29, 1.82) is 0 Å². The van der Waals surface area contributed by atoms with Crippen LogP contribution in [-0.2, 0) is 0 Å². The molecule has 0 N–H and O–H groups in total. The van der Waals surface area contributed by atoms with Crippen LogP contribution in [0.2, 0.25) is 0 Å². The topological polar surface area (TPSA) is 98.8 Å². The second-order valence-electron chi connectivity index (χ2n) is 5.95. The van der Waals surface area contributed by atoms with E-state index in [1.165, 1.54) is 24.3 Å². The summed E-state index contributed by atoms with van der Waals surface area (Å²) in [6.45, 7) is 1.04. The molecule has 3 rings (SSSR count). The van der Waals surface area contributed by atoms with Crippen molar-refractivity contribution >= 4 is 17.1 Å². The number of non-ortho nitro benzene ring substituents is 1. The van der Waals surface area contributed by atoms with E-state index in [-0.39, 0.29) is 23.3 Å². The maximum atomic E-state index is 12.9. The van der Waals surface area contributed by atoms with Gasteiger partial charge in [-0.05, 0) is 30.3 Å². The van der Waals surface area contributed by atoms with Crippen LogP contribution in [0.5, 0.6) is 5.75 Å². The van der Waals surface area contributed by atoms with Crippen molar-refractivity contribution in [2.24, 2.45) is 0 Å². The minimum atomic E-state index is -0.653. The second-order valence-corrected chi connectivity index (χ2v) is 5.95. The van der Waals surface area contributed by atoms with Gasteiger partial charge in [0, 0.05) is 32.0 Å². The number of halogens is 1. The molecule has 1 heterocycles. The molecule has 26 heavy (non-hydrogen) atoms. The van der Waals surface area contributed by atoms with E-state index in [0.717, 1.165) is 6.07 Å². The zero-order valence-electron chi connectivity index (χ0n) is 13.7. The summed E-state index contributed by atoms with van der Waals surface area (Å²) in [7, 11) is 0. The van der Waals surface area contributed by atoms with Gasteiger partial charge < -0.3 is 9.64 Å². The molecular weight excluding hydrogens is 345 g/mol. The van der Waals surface area contributed by atoms with E-state index in [1.807, 2.05) is 4.90 Å². The lowest BCUT2D eigenvalue weighted by molar-refractivity contribution is -0.393. The number of nitro groups is 2. The number of benzene rings is 2. The van der Waals surface area contributed by atoms with Crippen molar-refractivity contribution in [3.63, 3.8) is 0 Å². The molecule has 0 spiro atoms. The number of anilines is 1. The molecule has 2 aromatic carbocycles. The summed E-state index contributed by atoms with van der Waals surface area (Å²) in [5, 5.41) is 22.1. The van der Waals surface area contributed by atoms with Crippen molar-refractivity contribution in [2.45, 2.75) is 18.9 Å². The van der Waals surface area contributed by atoms with E-state index in [4.69, 9.17) is 4.74 Å². The highest BCUT2D eigenvalue weighted by Gasteiger charge is 2.27. The fraction of sp³-hybridized carbons (Fsp3) is 0.294. The summed E-state index contributed by atoms with van der Waals surface area (Å²) in [4.78, 5) is 22.7. The Morgan fingerprint density at radius 3 is 2.23 bits per heavy atom. The fourth-order valence-electron chi connectivity index (χ4n) is 2.96. The van der Waals surface area contributed by atoms with Gasteiger partial charge in [-0.25, -0.2) is 4.39 Å². The SMILES string of the molecule is O=[N+]([O-])c1ccc(N2CCC(Oc3ccc(F)cc3)CC2)c([N+](=O)[O-])c1. The van der Waals surface area contributed by atoms with E-state index in [2.05, 4.69) is 0 Å². The molecule has 0 aromatic heterocycles. The Bertz CT molecular complexity index is 820. The van der Waals surface area contributed by atoms with Crippen LogP contribution in [0, 0.1) is 26.0 Å². The summed E-state index contributed by atoms with van der Waals surface area (Å²) in [5.41, 5.74) is -0.229. The van der Waals surface area contributed by atoms with Crippen LogP contribution >= 0.6 is 0 Å². The number of ether oxygens (including phenoxy) is 1. The monoisotopic (exact) mass is 361 g/mol. The average molecular weight is 361 g/mol. The number of nitro benzene ring substituents is 2. The molecule has 9 heteroatoms. The third kappa shape index (κ3) is 3.88. The molecule has 0 amide bonds. The Hall–Kier alpha value is -3.23. The molecule has 1 aliphatic heterocycles. The number of piperidine rings is 1. The van der Waals surface area contributed by atoms with Gasteiger partial charge in [0.25, 0.3) is 11.4 Å². The first-order chi connectivity index (χ1) is 12.4. The minimum absolute atomic E-state index is 0.0752. The summed E-state index contributed by atoms with van der Waals surface area (Å²) >= 11 is 0. The number of nitrogens with zero attached hydrogens (tertiary/aromatic N) is 3. The summed E-state index contributed by atoms with van der Waals surface area (Å²) in [6, 6.07) is 9.43. The van der Waals surface area contributed by atoms with Gasteiger partial charge in [-0.1, -0.05) is 0 Å². The molecule has 0 bridgehead atoms. The van der Waals surface area contributed by atoms with E-state index < -0.39 is 9.85 Å². The minimum Gasteiger partial charge on any atom is -0.490 e. The lowest BCUT2D eigenvalue weighted by atomic mass is 10.1. The quantitative estimate of drug-likeness (QED) is 0.595. The number of hydrogen-bond acceptors (Lipinski definition) is 6. The largest absolute Gasteiger partial charge is 0.490 e. The predicted octanol–water partition coefficient (Wildman–Crippen LogP) is 3.69. The van der Waals surface area contributed by atoms with Crippen molar-refractivity contribution in [1.82, 2.24) is 0 Å². The summed E-state index contributed by atoms with van der Waals surface area (Å²) < 4.78 is 18.7. The van der Waals surface area contributed by atoms with Crippen LogP contribution in [-0.4, -0.2) is 29.0 Å². The Balaban J connectivity index is 1.68. The van der Waals surface area contributed by atoms with Gasteiger partial charge in [-0.15, -0.1) is 0 Å². The molecule has 0 atom stereocenters. The highest BCUT2D eigenvalue weighted by atomic mass is 19.1. The molecule has 2 aromatic rings. The van der Waals surface area contributed by atoms with Gasteiger partial charge in [0.15, 0.2) is 0 Å². The van der Waals surface area contributed by atoms with Gasteiger partial charge >= 0.3 is 0 Å². The second kappa shape index (κ2) is 7.34. The fourth-order valence-corrected chi connectivity index (χ4v) is 2.96. The third-order valence-electron chi connectivity index (χ3n) is 4.27. The highest BCUT2D eigenvalue weighted by Crippen LogP contribution is 2.34. The molecule has 0 unspecified atom stereocenters. The molecular formula is C17H16FN3O5. The molecule has 1 aliphatic rings. The maximum absolute atomic E-state index is 12.9. The van der Waals surface area contributed by atoms with Crippen LogP contribution in [0.1, 0.15) is 12.8 Å². The standard InChI is InChI=1S/C17H16FN3O5/c18-12-1-4-14(5-2-12)26-15-7-9-19(10-8-15)16-6-3-13(20(22)23)11-17(16)21(24)25/h1-6,11,15H,7-10H2. The zero-order valence-corrected chi connectivity index (χ0v) is 13.7. The Morgan fingerprint density at radius 2 is 1.65 bits per heavy atom. The molecule has 0 aliphatic carbocycles. The molecule has 1 saturated heterocycles. The lowest BCUT2D eigenvalue weighted by Crippen LogP contribution is -2.38. The van der Waals surface area contributed by atoms with E-state index in [0.29, 0.717) is 37.4 Å². The van der Waals surface area contributed by atoms with Crippen molar-refractivity contribution in [3.8, 4) is 5.75 Å². The van der Waals surface area contributed by atoms with E-state index >= 15 is 0 Å². The van der Waals surface area contributed by atoms with Crippen LogP contribution in [0.15, 0.2) is 42.5 Å². The van der Waals surface area contributed by atoms with Crippen LogP contribution < -0.4 is 9.64 Å². The Kier molecular flexibility index (Phi) is 4.97. The van der Waals surface area contributed by atoms with Crippen molar-refractivity contribution in [2.75, 3.05) is 18.0 Å². The Morgan fingerprint density at radius 1 is 1.00 bits per heavy atom. The average Bonchev–Trinajstić information content (AvgIpc) is 2.63. The predicted molar refractivity (Wildman–Crippen MR) is 92.0 cm³/mol. The van der Waals surface area contributed by atoms with Crippen LogP contribution in [0.4, 0.5) is 21.5 Å². The van der Waals surface area contributed by atoms with Crippen molar-refractivity contribution < 1.29 is 19.0 Å². The first-order valence-electron chi connectivity index (χ1n) is 8.04. The third-order valence-corrected chi connectivity index (χ3v) is 4.27. The highest BCUT2D eigenvalue weighted by molar-refractivity contribution is 5.67. The van der Waals surface area contributed by atoms with Gasteiger partial charge in [0.2, 0.25) is 0 Å². The van der Waals surface area contributed by atoms with E-state index in [1.54, 1.807) is 12.1 Å². The molecule has 0 saturated carbocycles. The maximum Gasteiger partial charge on any atom is 0.299 e. The van der Waals surface area contributed by atoms with Gasteiger partial charge in [0.05, 0.1) is 15.9 Å². The molecule has 0 radical (unpaired) electrons. The molecule has 136 valence electrons. The zero-order chi connectivity index (χ0) is 18.7. The van der Waals surface area contributed by atoms with Crippen LogP contribution in [0.25, 0.3) is 0 Å². The van der Waals surface area contributed by atoms with Gasteiger partial charge in [-0.2, -0.15) is 0 Å². The van der Waals surface area contributed by atoms with Crippen LogP contribution in [0.3, 0.4) is 0 Å². The van der Waals surface area contributed by atoms with Crippen molar-refractivity contribution in [3.05, 3.63) is 68.5 Å². The normalized spacial score (nSPS) is 14.9. The first-order valence-corrected chi connectivity index (χ1v) is 8.04. The van der Waals surface area contributed by atoms with Gasteiger partial charge in [0.1, 0.15) is 23.4 Å².